The van der Waals surface area contributed by atoms with E-state index in [1.807, 2.05) is 13.8 Å². The van der Waals surface area contributed by atoms with Crippen LogP contribution >= 0.6 is 0 Å². The average Bonchev–Trinajstić information content (AvgIpc) is 2.78. The molecule has 3 atom stereocenters. The Balaban J connectivity index is 0.000000281. The minimum absolute atomic E-state index is 0.0718. The van der Waals surface area contributed by atoms with E-state index in [4.69, 9.17) is 5.11 Å². The third kappa shape index (κ3) is 1.38. The molecule has 0 bridgehead atoms. The van der Waals surface area contributed by atoms with Crippen molar-refractivity contribution in [1.29, 1.82) is 0 Å². The number of rotatable bonds is 1. The smallest absolute Gasteiger partial charge is 0.223 e. The van der Waals surface area contributed by atoms with Crippen molar-refractivity contribution in [3.8, 4) is 0 Å². The van der Waals surface area contributed by atoms with Gasteiger partial charge in [-0.05, 0) is 12.3 Å². The van der Waals surface area contributed by atoms with Gasteiger partial charge in [-0.3, -0.25) is 4.79 Å². The van der Waals surface area contributed by atoms with Gasteiger partial charge in [0.15, 0.2) is 0 Å². The SMILES string of the molecule is CC.O=C1NC(CO)C2CC12. The molecule has 3 heteroatoms. The predicted molar refractivity (Wildman–Crippen MR) is 42.0 cm³/mol. The lowest BCUT2D eigenvalue weighted by molar-refractivity contribution is -0.121. The molecule has 3 nitrogen and oxygen atoms in total. The molecule has 2 rings (SSSR count). The summed E-state index contributed by atoms with van der Waals surface area (Å²) in [4.78, 5) is 10.8. The van der Waals surface area contributed by atoms with Gasteiger partial charge in [-0.15, -0.1) is 0 Å². The molecule has 1 aliphatic heterocycles. The number of hydrogen-bond donors (Lipinski definition) is 2. The van der Waals surface area contributed by atoms with Crippen molar-refractivity contribution in [3.05, 3.63) is 0 Å². The summed E-state index contributed by atoms with van der Waals surface area (Å²) in [6.45, 7) is 4.10. The van der Waals surface area contributed by atoms with Gasteiger partial charge in [-0.25, -0.2) is 0 Å². The van der Waals surface area contributed by atoms with Crippen molar-refractivity contribution in [2.45, 2.75) is 26.3 Å². The summed E-state index contributed by atoms with van der Waals surface area (Å²) < 4.78 is 0. The number of nitrogens with one attached hydrogen (secondary N) is 1. The molecular formula is C8H15NO2. The largest absolute Gasteiger partial charge is 0.394 e. The lowest BCUT2D eigenvalue weighted by atomic mass is 10.2. The highest BCUT2D eigenvalue weighted by atomic mass is 16.3. The standard InChI is InChI=1S/C6H9NO2.C2H6/c8-2-5-3-1-4(3)6(9)7-5;1-2/h3-5,8H,1-2H2,(H,7,9);1-2H3. The van der Waals surface area contributed by atoms with Crippen molar-refractivity contribution in [2.75, 3.05) is 6.61 Å². The van der Waals surface area contributed by atoms with Crippen molar-refractivity contribution in [2.24, 2.45) is 11.8 Å². The highest BCUT2D eigenvalue weighted by Gasteiger charge is 2.53. The first-order valence-electron chi connectivity index (χ1n) is 4.24. The van der Waals surface area contributed by atoms with Crippen LogP contribution in [0.2, 0.25) is 0 Å². The average molecular weight is 157 g/mol. The van der Waals surface area contributed by atoms with E-state index >= 15 is 0 Å². The number of fused-ring (bicyclic) bond motifs is 1. The second kappa shape index (κ2) is 3.22. The molecule has 0 aromatic carbocycles. The molecule has 1 amide bonds. The van der Waals surface area contributed by atoms with Gasteiger partial charge in [0.25, 0.3) is 0 Å². The van der Waals surface area contributed by atoms with Crippen LogP contribution in [0.15, 0.2) is 0 Å². The number of aliphatic hydroxyl groups is 1. The maximum Gasteiger partial charge on any atom is 0.223 e. The summed E-state index contributed by atoms with van der Waals surface area (Å²) in [5.74, 6) is 0.851. The Kier molecular flexibility index (Phi) is 2.49. The number of piperidine rings is 1. The molecule has 1 heterocycles. The van der Waals surface area contributed by atoms with E-state index in [2.05, 4.69) is 5.32 Å². The Bertz CT molecular complexity index is 158. The zero-order valence-electron chi connectivity index (χ0n) is 7.00. The van der Waals surface area contributed by atoms with Gasteiger partial charge in [-0.2, -0.15) is 0 Å². The van der Waals surface area contributed by atoms with Gasteiger partial charge in [0, 0.05) is 5.92 Å². The maximum atomic E-state index is 10.8. The molecule has 3 unspecified atom stereocenters. The van der Waals surface area contributed by atoms with Crippen LogP contribution in [0.5, 0.6) is 0 Å². The van der Waals surface area contributed by atoms with Crippen molar-refractivity contribution < 1.29 is 9.90 Å². The maximum absolute atomic E-state index is 10.8. The van der Waals surface area contributed by atoms with Crippen LogP contribution in [0.1, 0.15) is 20.3 Å². The first-order valence-corrected chi connectivity index (χ1v) is 4.24. The van der Waals surface area contributed by atoms with E-state index in [1.54, 1.807) is 0 Å². The Morgan fingerprint density at radius 2 is 2.27 bits per heavy atom. The molecule has 2 fully saturated rings. The van der Waals surface area contributed by atoms with E-state index in [-0.39, 0.29) is 24.5 Å². The van der Waals surface area contributed by atoms with E-state index in [0.29, 0.717) is 5.92 Å². The van der Waals surface area contributed by atoms with Crippen molar-refractivity contribution in [3.63, 3.8) is 0 Å². The molecule has 64 valence electrons. The van der Waals surface area contributed by atoms with Gasteiger partial charge in [0.05, 0.1) is 12.6 Å². The Labute approximate surface area is 66.8 Å². The molecule has 2 N–H and O–H groups in total. The summed E-state index contributed by atoms with van der Waals surface area (Å²) in [5.41, 5.74) is 0. The molecule has 1 saturated heterocycles. The van der Waals surface area contributed by atoms with Crippen molar-refractivity contribution in [1.82, 2.24) is 5.32 Å². The van der Waals surface area contributed by atoms with Crippen LogP contribution in [0.3, 0.4) is 0 Å². The second-order valence-electron chi connectivity index (χ2n) is 2.80. The fraction of sp³-hybridized carbons (Fsp3) is 0.875. The molecule has 1 saturated carbocycles. The Morgan fingerprint density at radius 3 is 2.45 bits per heavy atom. The molecule has 0 radical (unpaired) electrons. The summed E-state index contributed by atoms with van der Waals surface area (Å²) in [7, 11) is 0. The number of carbonyl (C=O) groups excluding carboxylic acids is 1. The van der Waals surface area contributed by atoms with E-state index in [9.17, 15) is 4.79 Å². The zero-order valence-corrected chi connectivity index (χ0v) is 7.00. The Hall–Kier alpha value is -0.570. The van der Waals surface area contributed by atoms with E-state index in [1.165, 1.54) is 0 Å². The van der Waals surface area contributed by atoms with Crippen LogP contribution in [0, 0.1) is 11.8 Å². The molecular weight excluding hydrogens is 142 g/mol. The summed E-state index contributed by atoms with van der Waals surface area (Å²) in [6, 6.07) is 0.0718. The lowest BCUT2D eigenvalue weighted by Crippen LogP contribution is -2.32. The first kappa shape index (κ1) is 8.53. The number of carbonyl (C=O) groups is 1. The van der Waals surface area contributed by atoms with Crippen LogP contribution in [0.4, 0.5) is 0 Å². The number of amides is 1. The number of aliphatic hydroxyl groups excluding tert-OH is 1. The third-order valence-electron chi connectivity index (χ3n) is 2.22. The fourth-order valence-corrected chi connectivity index (χ4v) is 1.54. The van der Waals surface area contributed by atoms with Gasteiger partial charge in [0.2, 0.25) is 5.91 Å². The van der Waals surface area contributed by atoms with Gasteiger partial charge < -0.3 is 10.4 Å². The molecule has 2 aliphatic rings. The quantitative estimate of drug-likeness (QED) is 0.569. The highest BCUT2D eigenvalue weighted by molar-refractivity contribution is 5.85. The van der Waals surface area contributed by atoms with Gasteiger partial charge in [-0.1, -0.05) is 13.8 Å². The van der Waals surface area contributed by atoms with E-state index < -0.39 is 0 Å². The topological polar surface area (TPSA) is 49.3 Å². The van der Waals surface area contributed by atoms with Crippen LogP contribution in [0.25, 0.3) is 0 Å². The fourth-order valence-electron chi connectivity index (χ4n) is 1.54. The molecule has 0 spiro atoms. The van der Waals surface area contributed by atoms with Gasteiger partial charge in [0.1, 0.15) is 0 Å². The minimum Gasteiger partial charge on any atom is -0.394 e. The first-order chi connectivity index (χ1) is 5.33. The number of hydrogen-bond acceptors (Lipinski definition) is 2. The summed E-state index contributed by atoms with van der Waals surface area (Å²) in [5, 5.41) is 11.4. The van der Waals surface area contributed by atoms with Crippen LogP contribution in [-0.2, 0) is 4.79 Å². The predicted octanol–water partition coefficient (Wildman–Crippen LogP) is 0.139. The molecule has 11 heavy (non-hydrogen) atoms. The second-order valence-corrected chi connectivity index (χ2v) is 2.80. The van der Waals surface area contributed by atoms with Crippen molar-refractivity contribution >= 4 is 5.91 Å². The summed E-state index contributed by atoms with van der Waals surface area (Å²) >= 11 is 0. The van der Waals surface area contributed by atoms with Crippen LogP contribution < -0.4 is 5.32 Å². The Morgan fingerprint density at radius 1 is 1.64 bits per heavy atom. The lowest BCUT2D eigenvalue weighted by Gasteiger charge is -2.07. The monoisotopic (exact) mass is 157 g/mol. The molecule has 0 aromatic rings. The van der Waals surface area contributed by atoms with Gasteiger partial charge >= 0.3 is 0 Å². The third-order valence-corrected chi connectivity index (χ3v) is 2.22. The zero-order chi connectivity index (χ0) is 8.43. The summed E-state index contributed by atoms with van der Waals surface area (Å²) in [6.07, 6.45) is 0.997. The minimum atomic E-state index is 0.0718. The molecule has 1 aliphatic carbocycles. The normalized spacial score (nSPS) is 38.5. The van der Waals surface area contributed by atoms with Crippen LogP contribution in [-0.4, -0.2) is 23.7 Å². The highest BCUT2D eigenvalue weighted by Crippen LogP contribution is 2.45. The molecule has 0 aromatic heterocycles. The van der Waals surface area contributed by atoms with E-state index in [0.717, 1.165) is 6.42 Å².